The second-order valence-corrected chi connectivity index (χ2v) is 32.8. The third kappa shape index (κ3) is 14.2. The monoisotopic (exact) mass is 1370 g/mol. The zero-order chi connectivity index (χ0) is 67.2. The Bertz CT molecular complexity index is 3960. The number of nitrogens with zero attached hydrogens (tertiary/aromatic N) is 4. The molecule has 0 unspecified atom stereocenters. The zero-order valence-corrected chi connectivity index (χ0v) is 60.9. The van der Waals surface area contributed by atoms with E-state index in [-0.39, 0.29) is 23.7 Å². The van der Waals surface area contributed by atoms with E-state index in [4.69, 9.17) is 5.11 Å². The maximum absolute atomic E-state index is 10.7. The standard InChI is InChI=1S/2C37H42BN2P.C2H6O.Cu.F6P/c2*1-9-33-25(3)36-35(37-26(4)34(10-2)28(6)40(37)38(7,8)39(36)27(33)5)29-21-23-32(24-22-29)41(30-17-13-11-14-18-30)31-19-15-12-16-20-31;1-2-3;;1-7(2,3,4,5)6/h2*11-24H,9-10H2,1-8H3;3H,2H2,1H3;;/q;;;+1;-1/p+2. The van der Waals surface area contributed by atoms with Crippen LogP contribution in [0.2, 0.25) is 27.3 Å². The number of rotatable bonds is 12. The van der Waals surface area contributed by atoms with Crippen molar-refractivity contribution in [2.45, 2.75) is 143 Å². The van der Waals surface area contributed by atoms with Crippen LogP contribution in [0, 0.1) is 27.7 Å². The first-order chi connectivity index (χ1) is 43.3. The summed E-state index contributed by atoms with van der Waals surface area (Å²) in [6.07, 6.45) is 2.19. The smallest absolute Gasteiger partial charge is 1.00 e. The third-order valence-corrected chi connectivity index (χ3v) is 24.9. The minimum Gasteiger partial charge on any atom is 1.00 e. The molecule has 1 N–H and O–H groups in total. The molecular formula is C76H92B2CuF6N4OP3+2. The van der Waals surface area contributed by atoms with E-state index in [0.29, 0.717) is 0 Å². The molecule has 0 saturated heterocycles. The molecule has 6 aromatic carbocycles. The van der Waals surface area contributed by atoms with Crippen LogP contribution in [-0.4, -0.2) is 53.9 Å². The number of aliphatic hydroxyl groups is 1. The van der Waals surface area contributed by atoms with Gasteiger partial charge in [-0.05, 0) is 192 Å². The molecule has 0 spiro atoms. The van der Waals surface area contributed by atoms with Gasteiger partial charge in [0.1, 0.15) is 43.3 Å². The minimum atomic E-state index is -10.7. The quantitative estimate of drug-likeness (QED) is 0.0739. The van der Waals surface area contributed by atoms with Crippen LogP contribution in [0.3, 0.4) is 0 Å². The van der Waals surface area contributed by atoms with E-state index in [1.54, 1.807) is 6.92 Å². The largest absolute Gasteiger partial charge is 1.00 e. The van der Waals surface area contributed by atoms with Gasteiger partial charge in [0.25, 0.3) is 0 Å². The molecule has 6 heterocycles. The summed E-state index contributed by atoms with van der Waals surface area (Å²) in [4.78, 5) is 0. The van der Waals surface area contributed by atoms with Gasteiger partial charge in [-0.2, -0.15) is 0 Å². The Hall–Kier alpha value is -6.34. The summed E-state index contributed by atoms with van der Waals surface area (Å²) >= 11 is 0. The fourth-order valence-electron chi connectivity index (χ4n) is 16.1. The van der Waals surface area contributed by atoms with E-state index < -0.39 is 36.5 Å². The van der Waals surface area contributed by atoms with Crippen molar-refractivity contribution in [2.24, 2.45) is 0 Å². The molecule has 4 aliphatic heterocycles. The number of halogens is 6. The average molecular weight is 1370 g/mol. The Morgan fingerprint density at radius 1 is 0.398 bits per heavy atom. The fourth-order valence-corrected chi connectivity index (χ4v) is 21.2. The molecule has 17 heteroatoms. The van der Waals surface area contributed by atoms with Gasteiger partial charge in [0.2, 0.25) is 0 Å². The maximum Gasteiger partial charge on any atom is 1.00 e. The Balaban J connectivity index is 0.000000207. The molecule has 0 amide bonds. The number of aromatic nitrogens is 2. The van der Waals surface area contributed by atoms with Gasteiger partial charge in [-0.3, -0.25) is 0 Å². The van der Waals surface area contributed by atoms with E-state index >= 15 is 0 Å². The van der Waals surface area contributed by atoms with Crippen LogP contribution in [0.25, 0.3) is 11.1 Å². The van der Waals surface area contributed by atoms with Crippen LogP contribution in [0.5, 0.6) is 0 Å². The molecule has 0 fully saturated rings. The van der Waals surface area contributed by atoms with Gasteiger partial charge >= 0.3 is 62.9 Å². The van der Waals surface area contributed by atoms with Gasteiger partial charge in [-0.15, -0.1) is 27.3 Å². The van der Waals surface area contributed by atoms with Gasteiger partial charge in [0.05, 0.1) is 27.0 Å². The second kappa shape index (κ2) is 27.4. The van der Waals surface area contributed by atoms with Crippen molar-refractivity contribution in [3.8, 4) is 0 Å². The van der Waals surface area contributed by atoms with Crippen LogP contribution in [-0.2, 0) is 29.9 Å². The van der Waals surface area contributed by atoms with E-state index in [9.17, 15) is 25.2 Å². The number of aliphatic hydroxyl groups excluding tert-OH is 1. The third-order valence-electron chi connectivity index (χ3n) is 19.5. The van der Waals surface area contributed by atoms with Gasteiger partial charge in [0, 0.05) is 54.1 Å². The summed E-state index contributed by atoms with van der Waals surface area (Å²) in [5.41, 5.74) is 28.6. The van der Waals surface area contributed by atoms with Gasteiger partial charge in [-0.25, -0.2) is 0 Å². The molecule has 4 aliphatic rings. The predicted octanol–water partition coefficient (Wildman–Crippen LogP) is 18.8. The van der Waals surface area contributed by atoms with Crippen LogP contribution in [0.4, 0.5) is 25.2 Å². The summed E-state index contributed by atoms with van der Waals surface area (Å²) in [6, 6.07) is 63.5. The molecule has 93 heavy (non-hydrogen) atoms. The van der Waals surface area contributed by atoms with Gasteiger partial charge < -0.3 is 23.0 Å². The molecule has 12 rings (SSSR count). The number of allylic oxidation sites excluding steroid dienone is 4. The van der Waals surface area contributed by atoms with Crippen molar-refractivity contribution in [3.63, 3.8) is 0 Å². The van der Waals surface area contributed by atoms with Gasteiger partial charge in [0.15, 0.2) is 11.4 Å². The Morgan fingerprint density at radius 2 is 0.634 bits per heavy atom. The van der Waals surface area contributed by atoms with Crippen molar-refractivity contribution in [2.75, 3.05) is 6.61 Å². The molecule has 494 valence electrons. The first-order valence-electron chi connectivity index (χ1n) is 32.7. The maximum atomic E-state index is 9.87. The van der Waals surface area contributed by atoms with Crippen molar-refractivity contribution in [1.29, 1.82) is 0 Å². The molecule has 8 aromatic rings. The minimum absolute atomic E-state index is 0. The number of hydrogen-bond donors (Lipinski definition) is 1. The topological polar surface area (TPSA) is 36.1 Å². The summed E-state index contributed by atoms with van der Waals surface area (Å²) in [7, 11) is -12.9. The molecule has 0 atom stereocenters. The predicted molar refractivity (Wildman–Crippen MR) is 392 cm³/mol. The van der Waals surface area contributed by atoms with E-state index in [2.05, 4.69) is 298 Å². The number of hydrogen-bond acceptors (Lipinski definition) is 1. The molecule has 5 nitrogen and oxygen atoms in total. The zero-order valence-electron chi connectivity index (χ0n) is 57.1. The summed E-state index contributed by atoms with van der Waals surface area (Å²) in [6.45, 7) is 39.7. The molecule has 0 radical (unpaired) electrons. The molecule has 2 aromatic heterocycles. The first-order valence-corrected chi connectivity index (χ1v) is 37.7. The summed E-state index contributed by atoms with van der Waals surface area (Å²) < 4.78 is 70.0. The van der Waals surface area contributed by atoms with Crippen LogP contribution >= 0.6 is 23.7 Å². The van der Waals surface area contributed by atoms with E-state index in [1.807, 2.05) is 0 Å². The van der Waals surface area contributed by atoms with Crippen LogP contribution in [0.1, 0.15) is 131 Å². The SMILES string of the molecule is CCC1=C(C)C2=C(c3ccc([PH+](c4ccccc4)c4ccccc4)cc3)c3c(C)c(CC)c(C)n3[B-](C)(C)[N+]2=C1C.CCC1=C(C)C2=C(c3ccc([PH+](c4ccccc4)c4ccccc4)cc3)c3c(C)c(CC)c(C)n3[B-](C)(C)[N+]2=C1C.CCO.F[P-](F)(F)(F)(F)F.[Cu+]. The molecular weight excluding hydrogens is 1280 g/mol. The number of benzene rings is 6. The van der Waals surface area contributed by atoms with E-state index in [0.717, 1.165) is 25.7 Å². The summed E-state index contributed by atoms with van der Waals surface area (Å²) in [5, 5.41) is 16.1. The van der Waals surface area contributed by atoms with Crippen molar-refractivity contribution in [3.05, 3.63) is 260 Å². The summed E-state index contributed by atoms with van der Waals surface area (Å²) in [5.74, 6) is 0. The molecule has 0 aliphatic carbocycles. The number of fused-ring (bicyclic) bond motifs is 4. The molecule has 0 saturated carbocycles. The van der Waals surface area contributed by atoms with Gasteiger partial charge in [-0.1, -0.05) is 125 Å². The Labute approximate surface area is 562 Å². The average Bonchev–Trinajstić information content (AvgIpc) is 1.55. The normalized spacial score (nSPS) is 16.2. The Morgan fingerprint density at radius 3 is 0.860 bits per heavy atom. The fraction of sp³-hybridized carbons (Fsp3) is 0.289. The van der Waals surface area contributed by atoms with Crippen LogP contribution < -0.4 is 31.8 Å². The van der Waals surface area contributed by atoms with Crippen molar-refractivity contribution >= 4 is 90.9 Å². The second-order valence-electron chi connectivity index (χ2n) is 25.9. The molecule has 0 bridgehead atoms. The van der Waals surface area contributed by atoms with E-state index in [1.165, 1.54) is 144 Å². The first kappa shape index (κ1) is 72.5. The Kier molecular flexibility index (Phi) is 21.4. The van der Waals surface area contributed by atoms with Crippen LogP contribution in [0.15, 0.2) is 204 Å². The van der Waals surface area contributed by atoms with Crippen molar-refractivity contribution < 1.29 is 56.3 Å². The van der Waals surface area contributed by atoms with Crippen molar-refractivity contribution in [1.82, 2.24) is 8.96 Å².